The number of hydrogen-bond donors (Lipinski definition) is 2. The number of benzene rings is 1. The van der Waals surface area contributed by atoms with Crippen LogP contribution in [0.5, 0.6) is 0 Å². The van der Waals surface area contributed by atoms with Gasteiger partial charge in [-0.25, -0.2) is 4.98 Å². The van der Waals surface area contributed by atoms with Gasteiger partial charge in [0.05, 0.1) is 0 Å². The maximum absolute atomic E-state index is 5.36. The summed E-state index contributed by atoms with van der Waals surface area (Å²) in [5, 5.41) is 0. The van der Waals surface area contributed by atoms with Crippen molar-refractivity contribution in [2.24, 2.45) is 0 Å². The molecule has 0 bridgehead atoms. The number of nitrogens with two attached hydrogens (primary N) is 1. The van der Waals surface area contributed by atoms with E-state index in [2.05, 4.69) is 9.97 Å². The Morgan fingerprint density at radius 2 is 1.92 bits per heavy atom. The third kappa shape index (κ3) is 3.96. The van der Waals surface area contributed by atoms with Gasteiger partial charge in [0.15, 0.2) is 0 Å². The van der Waals surface area contributed by atoms with Crippen LogP contribution in [-0.4, -0.2) is 9.97 Å². The number of aryl methyl sites for hydroxylation is 1. The van der Waals surface area contributed by atoms with Gasteiger partial charge in [-0.05, 0) is 19.1 Å². The molecule has 0 fully saturated rings. The van der Waals surface area contributed by atoms with Crippen LogP contribution in [-0.2, 0) is 0 Å². The average Bonchev–Trinajstić information content (AvgIpc) is 2.58. The first kappa shape index (κ1) is 9.32. The molecule has 13 heavy (non-hydrogen) atoms. The van der Waals surface area contributed by atoms with Crippen molar-refractivity contribution in [3.63, 3.8) is 0 Å². The standard InChI is InChI=1S/C6H7N.C4H6N2/c7-6-4-2-1-3-5-6;1-4-5-2-3-6-4/h1-5H,7H2;2-3H,1H3,(H,5,6). The summed E-state index contributed by atoms with van der Waals surface area (Å²) in [7, 11) is 0. The summed E-state index contributed by atoms with van der Waals surface area (Å²) in [6.07, 6.45) is 3.53. The van der Waals surface area contributed by atoms with Crippen LogP contribution >= 0.6 is 0 Å². The van der Waals surface area contributed by atoms with Crippen molar-refractivity contribution in [3.8, 4) is 0 Å². The molecule has 0 aliphatic rings. The third-order valence-electron chi connectivity index (χ3n) is 1.43. The topological polar surface area (TPSA) is 54.7 Å². The zero-order chi connectivity index (χ0) is 9.52. The Morgan fingerprint density at radius 3 is 2.15 bits per heavy atom. The van der Waals surface area contributed by atoms with Gasteiger partial charge in [-0.2, -0.15) is 0 Å². The van der Waals surface area contributed by atoms with Crippen molar-refractivity contribution in [2.45, 2.75) is 6.92 Å². The SMILES string of the molecule is Cc1ncc[nH]1.Nc1ccccc1. The highest BCUT2D eigenvalue weighted by atomic mass is 14.9. The van der Waals surface area contributed by atoms with Crippen LogP contribution in [0.2, 0.25) is 0 Å². The van der Waals surface area contributed by atoms with Crippen molar-refractivity contribution < 1.29 is 0 Å². The molecule has 0 saturated heterocycles. The predicted molar refractivity (Wildman–Crippen MR) is 54.2 cm³/mol. The highest BCUT2D eigenvalue weighted by Crippen LogP contribution is 1.95. The van der Waals surface area contributed by atoms with Gasteiger partial charge in [0.25, 0.3) is 0 Å². The first-order valence-corrected chi connectivity index (χ1v) is 4.05. The quantitative estimate of drug-likeness (QED) is 0.601. The summed E-state index contributed by atoms with van der Waals surface area (Å²) in [6.45, 7) is 1.92. The predicted octanol–water partition coefficient (Wildman–Crippen LogP) is 1.99. The number of H-pyrrole nitrogens is 1. The lowest BCUT2D eigenvalue weighted by atomic mass is 10.3. The second-order valence-corrected chi connectivity index (χ2v) is 2.59. The fourth-order valence-corrected chi connectivity index (χ4v) is 0.797. The second kappa shape index (κ2) is 4.98. The van der Waals surface area contributed by atoms with E-state index in [1.54, 1.807) is 12.4 Å². The molecule has 0 spiro atoms. The number of para-hydroxylation sites is 1. The summed E-state index contributed by atoms with van der Waals surface area (Å²) in [5.74, 6) is 0.968. The summed E-state index contributed by atoms with van der Waals surface area (Å²) in [5.41, 5.74) is 6.18. The zero-order valence-electron chi connectivity index (χ0n) is 7.57. The molecule has 1 aromatic heterocycles. The Balaban J connectivity index is 0.000000132. The second-order valence-electron chi connectivity index (χ2n) is 2.59. The van der Waals surface area contributed by atoms with Gasteiger partial charge >= 0.3 is 0 Å². The van der Waals surface area contributed by atoms with E-state index in [9.17, 15) is 0 Å². The molecule has 3 N–H and O–H groups in total. The van der Waals surface area contributed by atoms with Crippen molar-refractivity contribution >= 4 is 5.69 Å². The van der Waals surface area contributed by atoms with Crippen LogP contribution in [0.1, 0.15) is 5.82 Å². The van der Waals surface area contributed by atoms with Gasteiger partial charge in [-0.1, -0.05) is 18.2 Å². The van der Waals surface area contributed by atoms with Gasteiger partial charge in [-0.3, -0.25) is 0 Å². The van der Waals surface area contributed by atoms with E-state index >= 15 is 0 Å². The van der Waals surface area contributed by atoms with Crippen LogP contribution in [0, 0.1) is 6.92 Å². The third-order valence-corrected chi connectivity index (χ3v) is 1.43. The number of aromatic amines is 1. The molecule has 1 aromatic carbocycles. The Labute approximate surface area is 77.6 Å². The largest absolute Gasteiger partial charge is 0.399 e. The van der Waals surface area contributed by atoms with Crippen molar-refractivity contribution in [3.05, 3.63) is 48.5 Å². The Morgan fingerprint density at radius 1 is 1.23 bits per heavy atom. The number of aromatic nitrogens is 2. The number of nitrogen functional groups attached to an aromatic ring is 1. The van der Waals surface area contributed by atoms with E-state index in [0.717, 1.165) is 11.5 Å². The number of imidazole rings is 1. The number of rotatable bonds is 0. The van der Waals surface area contributed by atoms with Gasteiger partial charge in [0, 0.05) is 18.1 Å². The van der Waals surface area contributed by atoms with Crippen LogP contribution in [0.25, 0.3) is 0 Å². The van der Waals surface area contributed by atoms with E-state index < -0.39 is 0 Å². The Bertz CT molecular complexity index is 313. The van der Waals surface area contributed by atoms with Gasteiger partial charge < -0.3 is 10.7 Å². The van der Waals surface area contributed by atoms with Gasteiger partial charge in [0.1, 0.15) is 5.82 Å². The Hall–Kier alpha value is -1.77. The van der Waals surface area contributed by atoms with Gasteiger partial charge in [0.2, 0.25) is 0 Å². The lowest BCUT2D eigenvalue weighted by Gasteiger charge is -1.83. The summed E-state index contributed by atoms with van der Waals surface area (Å²) >= 11 is 0. The zero-order valence-corrected chi connectivity index (χ0v) is 7.57. The minimum absolute atomic E-state index is 0.822. The molecule has 0 aliphatic heterocycles. The number of anilines is 1. The van der Waals surface area contributed by atoms with Crippen LogP contribution in [0.15, 0.2) is 42.7 Å². The van der Waals surface area contributed by atoms with Crippen LogP contribution < -0.4 is 5.73 Å². The minimum Gasteiger partial charge on any atom is -0.399 e. The smallest absolute Gasteiger partial charge is 0.102 e. The number of nitrogens with one attached hydrogen (secondary N) is 1. The molecule has 68 valence electrons. The molecule has 3 nitrogen and oxygen atoms in total. The summed E-state index contributed by atoms with van der Waals surface area (Å²) in [4.78, 5) is 6.75. The van der Waals surface area contributed by atoms with Gasteiger partial charge in [-0.15, -0.1) is 0 Å². The fourth-order valence-electron chi connectivity index (χ4n) is 0.797. The molecule has 3 heteroatoms. The molecule has 0 aliphatic carbocycles. The van der Waals surface area contributed by atoms with E-state index in [4.69, 9.17) is 5.73 Å². The average molecular weight is 175 g/mol. The highest BCUT2D eigenvalue weighted by Gasteiger charge is 1.74. The van der Waals surface area contributed by atoms with E-state index in [1.165, 1.54) is 0 Å². The molecule has 2 rings (SSSR count). The lowest BCUT2D eigenvalue weighted by Crippen LogP contribution is -1.79. The first-order valence-electron chi connectivity index (χ1n) is 4.05. The number of nitrogens with zero attached hydrogens (tertiary/aromatic N) is 1. The summed E-state index contributed by atoms with van der Waals surface area (Å²) in [6, 6.07) is 9.49. The molecule has 0 amide bonds. The number of hydrogen-bond acceptors (Lipinski definition) is 2. The summed E-state index contributed by atoms with van der Waals surface area (Å²) < 4.78 is 0. The van der Waals surface area contributed by atoms with E-state index in [-0.39, 0.29) is 0 Å². The lowest BCUT2D eigenvalue weighted by molar-refractivity contribution is 1.15. The molecular formula is C10H13N3. The molecule has 0 unspecified atom stereocenters. The first-order chi connectivity index (χ1) is 6.29. The molecule has 0 atom stereocenters. The highest BCUT2D eigenvalue weighted by molar-refractivity contribution is 5.35. The fraction of sp³-hybridized carbons (Fsp3) is 0.100. The normalized spacial score (nSPS) is 8.69. The molecule has 0 saturated carbocycles. The van der Waals surface area contributed by atoms with Crippen molar-refractivity contribution in [1.29, 1.82) is 0 Å². The molecule has 2 aromatic rings. The van der Waals surface area contributed by atoms with Crippen molar-refractivity contribution in [2.75, 3.05) is 5.73 Å². The molecular weight excluding hydrogens is 162 g/mol. The van der Waals surface area contributed by atoms with Crippen LogP contribution in [0.3, 0.4) is 0 Å². The molecule has 0 radical (unpaired) electrons. The van der Waals surface area contributed by atoms with Crippen molar-refractivity contribution in [1.82, 2.24) is 9.97 Å². The monoisotopic (exact) mass is 175 g/mol. The molecule has 1 heterocycles. The maximum atomic E-state index is 5.36. The van der Waals surface area contributed by atoms with Crippen LogP contribution in [0.4, 0.5) is 5.69 Å². The maximum Gasteiger partial charge on any atom is 0.102 e. The minimum atomic E-state index is 0.822. The van der Waals surface area contributed by atoms with E-state index in [1.807, 2.05) is 37.3 Å². The Kier molecular flexibility index (Phi) is 3.57. The van der Waals surface area contributed by atoms with E-state index in [0.29, 0.717) is 0 Å².